The highest BCUT2D eigenvalue weighted by Gasteiger charge is 2.70. The molecule has 4 unspecified atom stereocenters. The van der Waals surface area contributed by atoms with Gasteiger partial charge in [0.2, 0.25) is 5.91 Å². The van der Waals surface area contributed by atoms with Gasteiger partial charge in [-0.1, -0.05) is 26.0 Å². The Balaban J connectivity index is 1.73. The van der Waals surface area contributed by atoms with E-state index in [0.717, 1.165) is 38.7 Å². The van der Waals surface area contributed by atoms with Crippen molar-refractivity contribution in [1.82, 2.24) is 5.32 Å². The molecule has 0 spiro atoms. The molecule has 2 fully saturated rings. The number of carbonyl (C=O) groups excluding carboxylic acids is 1. The van der Waals surface area contributed by atoms with Gasteiger partial charge in [-0.2, -0.15) is 0 Å². The summed E-state index contributed by atoms with van der Waals surface area (Å²) in [6.45, 7) is 4.94. The molecule has 0 radical (unpaired) electrons. The molecule has 1 heterocycles. The number of fused-ring (bicyclic) bond motifs is 1. The molecule has 112 valence electrons. The molecule has 0 aromatic carbocycles. The lowest BCUT2D eigenvalue weighted by Crippen LogP contribution is -2.82. The first-order valence-corrected chi connectivity index (χ1v) is 7.84. The van der Waals surface area contributed by atoms with E-state index in [0.29, 0.717) is 0 Å². The van der Waals surface area contributed by atoms with Crippen LogP contribution in [0.3, 0.4) is 0 Å². The van der Waals surface area contributed by atoms with E-state index in [4.69, 9.17) is 10.5 Å². The van der Waals surface area contributed by atoms with E-state index in [1.807, 2.05) is 0 Å². The molecule has 4 nitrogen and oxygen atoms in total. The predicted molar refractivity (Wildman–Crippen MR) is 78.1 cm³/mol. The maximum Gasteiger partial charge on any atom is 0.241 e. The van der Waals surface area contributed by atoms with Gasteiger partial charge in [-0.25, -0.2) is 0 Å². The monoisotopic (exact) mass is 278 g/mol. The lowest BCUT2D eigenvalue weighted by Gasteiger charge is -2.65. The minimum Gasteiger partial charge on any atom is -0.377 e. The topological polar surface area (TPSA) is 64.3 Å². The van der Waals surface area contributed by atoms with Crippen LogP contribution in [-0.2, 0) is 9.53 Å². The summed E-state index contributed by atoms with van der Waals surface area (Å²) in [7, 11) is 0. The van der Waals surface area contributed by atoms with Crippen LogP contribution < -0.4 is 11.1 Å². The molecular weight excluding hydrogens is 252 g/mol. The number of nitrogens with one attached hydrogen (secondary N) is 1. The van der Waals surface area contributed by atoms with Crippen molar-refractivity contribution in [3.05, 3.63) is 12.2 Å². The van der Waals surface area contributed by atoms with Gasteiger partial charge in [0.25, 0.3) is 0 Å². The van der Waals surface area contributed by atoms with Crippen molar-refractivity contribution in [3.63, 3.8) is 0 Å². The number of nitrogens with two attached hydrogens (primary N) is 1. The number of allylic oxidation sites excluding steroid dienone is 1. The molecule has 1 aliphatic heterocycles. The fourth-order valence-electron chi connectivity index (χ4n) is 4.27. The summed E-state index contributed by atoms with van der Waals surface area (Å²) in [5.41, 5.74) is 5.52. The fraction of sp³-hybridized carbons (Fsp3) is 0.812. The van der Waals surface area contributed by atoms with Crippen LogP contribution in [0.25, 0.3) is 0 Å². The highest BCUT2D eigenvalue weighted by Crippen LogP contribution is 2.57. The highest BCUT2D eigenvalue weighted by atomic mass is 16.5. The Morgan fingerprint density at radius 2 is 2.15 bits per heavy atom. The van der Waals surface area contributed by atoms with Crippen LogP contribution in [0.4, 0.5) is 0 Å². The maximum atomic E-state index is 12.8. The van der Waals surface area contributed by atoms with Crippen molar-refractivity contribution in [2.24, 2.45) is 17.1 Å². The molecule has 2 aliphatic carbocycles. The third kappa shape index (κ3) is 1.85. The number of amides is 1. The summed E-state index contributed by atoms with van der Waals surface area (Å²) < 4.78 is 5.86. The summed E-state index contributed by atoms with van der Waals surface area (Å²) in [6, 6.07) is 0.243. The average molecular weight is 278 g/mol. The standard InChI is InChI=1S/C16H26N2O2/c1-15(2)13-12(9-6-10-20-13)16(15,17)14(19)18-11-7-4-3-5-8-11/h3-4,11-13H,5-10,17H2,1-2H3,(H,18,19). The van der Waals surface area contributed by atoms with Crippen LogP contribution in [0.1, 0.15) is 46.0 Å². The van der Waals surface area contributed by atoms with Gasteiger partial charge in [-0.15, -0.1) is 0 Å². The first-order chi connectivity index (χ1) is 9.48. The van der Waals surface area contributed by atoms with Gasteiger partial charge < -0.3 is 15.8 Å². The van der Waals surface area contributed by atoms with E-state index in [1.165, 1.54) is 0 Å². The Morgan fingerprint density at radius 1 is 1.35 bits per heavy atom. The van der Waals surface area contributed by atoms with E-state index in [1.54, 1.807) is 0 Å². The first kappa shape index (κ1) is 14.1. The summed E-state index contributed by atoms with van der Waals surface area (Å²) in [4.78, 5) is 12.8. The van der Waals surface area contributed by atoms with Gasteiger partial charge in [0.05, 0.1) is 6.10 Å². The third-order valence-corrected chi connectivity index (χ3v) is 5.66. The summed E-state index contributed by atoms with van der Waals surface area (Å²) in [6.07, 6.45) is 9.46. The zero-order chi connectivity index (χ0) is 14.4. The quantitative estimate of drug-likeness (QED) is 0.756. The van der Waals surface area contributed by atoms with Crippen LogP contribution in [-0.4, -0.2) is 30.2 Å². The van der Waals surface area contributed by atoms with E-state index in [-0.39, 0.29) is 29.4 Å². The smallest absolute Gasteiger partial charge is 0.241 e. The molecule has 3 aliphatic rings. The van der Waals surface area contributed by atoms with Crippen LogP contribution in [0, 0.1) is 11.3 Å². The summed E-state index contributed by atoms with van der Waals surface area (Å²) in [5, 5.41) is 3.18. The second-order valence-corrected chi connectivity index (χ2v) is 7.09. The minimum absolute atomic E-state index is 0.0227. The Hall–Kier alpha value is -0.870. The largest absolute Gasteiger partial charge is 0.377 e. The Labute approximate surface area is 121 Å². The van der Waals surface area contributed by atoms with Gasteiger partial charge in [0.15, 0.2) is 0 Å². The van der Waals surface area contributed by atoms with E-state index in [2.05, 4.69) is 31.3 Å². The van der Waals surface area contributed by atoms with Crippen molar-refractivity contribution in [2.75, 3.05) is 6.61 Å². The molecule has 1 saturated heterocycles. The van der Waals surface area contributed by atoms with E-state index < -0.39 is 5.54 Å². The Kier molecular flexibility index (Phi) is 3.41. The lowest BCUT2D eigenvalue weighted by molar-refractivity contribution is -0.225. The van der Waals surface area contributed by atoms with Crippen LogP contribution >= 0.6 is 0 Å². The van der Waals surface area contributed by atoms with Crippen LogP contribution in [0.5, 0.6) is 0 Å². The van der Waals surface area contributed by atoms with Crippen molar-refractivity contribution in [1.29, 1.82) is 0 Å². The van der Waals surface area contributed by atoms with E-state index in [9.17, 15) is 4.79 Å². The number of hydrogen-bond acceptors (Lipinski definition) is 3. The van der Waals surface area contributed by atoms with Gasteiger partial charge in [-0.05, 0) is 32.1 Å². The summed E-state index contributed by atoms with van der Waals surface area (Å²) >= 11 is 0. The molecule has 1 amide bonds. The molecule has 4 heteroatoms. The lowest BCUT2D eigenvalue weighted by atomic mass is 9.46. The highest BCUT2D eigenvalue weighted by molar-refractivity contribution is 5.89. The number of hydrogen-bond donors (Lipinski definition) is 2. The molecule has 0 aromatic rings. The SMILES string of the molecule is CC1(C)C2OCCCC2C1(N)C(=O)NC1CC=CCC1. The normalized spacial score (nSPS) is 42.5. The second kappa shape index (κ2) is 4.85. The molecule has 1 saturated carbocycles. The minimum atomic E-state index is -0.779. The number of carbonyl (C=O) groups is 1. The maximum absolute atomic E-state index is 12.8. The van der Waals surface area contributed by atoms with Crippen molar-refractivity contribution in [3.8, 4) is 0 Å². The third-order valence-electron chi connectivity index (χ3n) is 5.66. The molecule has 4 atom stereocenters. The zero-order valence-corrected chi connectivity index (χ0v) is 12.5. The molecule has 3 N–H and O–H groups in total. The van der Waals surface area contributed by atoms with Gasteiger partial charge in [-0.3, -0.25) is 4.79 Å². The zero-order valence-electron chi connectivity index (χ0n) is 12.5. The Morgan fingerprint density at radius 3 is 2.85 bits per heavy atom. The first-order valence-electron chi connectivity index (χ1n) is 7.84. The average Bonchev–Trinajstić information content (AvgIpc) is 2.47. The van der Waals surface area contributed by atoms with Gasteiger partial charge >= 0.3 is 0 Å². The predicted octanol–water partition coefficient (Wildman–Crippen LogP) is 1.74. The van der Waals surface area contributed by atoms with Crippen molar-refractivity contribution >= 4 is 5.91 Å². The molecular formula is C16H26N2O2. The number of ether oxygens (including phenoxy) is 1. The van der Waals surface area contributed by atoms with Crippen molar-refractivity contribution in [2.45, 2.75) is 63.6 Å². The van der Waals surface area contributed by atoms with Crippen LogP contribution in [0.2, 0.25) is 0 Å². The van der Waals surface area contributed by atoms with Gasteiger partial charge in [0.1, 0.15) is 5.54 Å². The Bertz CT molecular complexity index is 432. The molecule has 3 rings (SSSR count). The fourth-order valence-corrected chi connectivity index (χ4v) is 4.27. The molecule has 0 aromatic heterocycles. The van der Waals surface area contributed by atoms with Crippen molar-refractivity contribution < 1.29 is 9.53 Å². The molecule has 20 heavy (non-hydrogen) atoms. The van der Waals surface area contributed by atoms with Gasteiger partial charge in [0, 0.05) is 24.0 Å². The molecule has 0 bridgehead atoms. The summed E-state index contributed by atoms with van der Waals surface area (Å²) in [5.74, 6) is 0.194. The number of rotatable bonds is 2. The van der Waals surface area contributed by atoms with Crippen LogP contribution in [0.15, 0.2) is 12.2 Å². The van der Waals surface area contributed by atoms with E-state index >= 15 is 0 Å². The second-order valence-electron chi connectivity index (χ2n) is 7.09.